The van der Waals surface area contributed by atoms with Crippen LogP contribution in [0.15, 0.2) is 34.0 Å². The molecule has 0 aliphatic rings. The van der Waals surface area contributed by atoms with Gasteiger partial charge in [0.2, 0.25) is 11.7 Å². The summed E-state index contributed by atoms with van der Waals surface area (Å²) in [5, 5.41) is 2.19. The number of benzene rings is 1. The second kappa shape index (κ2) is 5.57. The summed E-state index contributed by atoms with van der Waals surface area (Å²) >= 11 is 0. The molecule has 7 nitrogen and oxygen atoms in total. The van der Waals surface area contributed by atoms with Gasteiger partial charge in [-0.05, 0) is 18.2 Å². The predicted octanol–water partition coefficient (Wildman–Crippen LogP) is 0.0357. The van der Waals surface area contributed by atoms with Crippen molar-refractivity contribution in [2.45, 2.75) is 6.54 Å². The summed E-state index contributed by atoms with van der Waals surface area (Å²) in [5.74, 6) is -2.71. The first-order valence-corrected chi connectivity index (χ1v) is 5.71. The van der Waals surface area contributed by atoms with Gasteiger partial charge in [-0.15, -0.1) is 0 Å². The number of carbonyl (C=O) groups is 1. The van der Waals surface area contributed by atoms with Crippen molar-refractivity contribution in [1.82, 2.24) is 9.55 Å². The molecule has 0 saturated carbocycles. The van der Waals surface area contributed by atoms with Gasteiger partial charge in [-0.1, -0.05) is 0 Å². The number of halogens is 2. The van der Waals surface area contributed by atoms with E-state index in [1.165, 1.54) is 12.1 Å². The smallest absolute Gasteiger partial charge is 0.328 e. The molecule has 0 unspecified atom stereocenters. The summed E-state index contributed by atoms with van der Waals surface area (Å²) in [4.78, 5) is 35.6. The van der Waals surface area contributed by atoms with Crippen molar-refractivity contribution in [3.05, 3.63) is 56.9 Å². The van der Waals surface area contributed by atoms with Crippen LogP contribution in [0.3, 0.4) is 0 Å². The van der Waals surface area contributed by atoms with Gasteiger partial charge in [0.05, 0.1) is 11.9 Å². The van der Waals surface area contributed by atoms with Crippen molar-refractivity contribution in [2.75, 3.05) is 11.1 Å². The maximum absolute atomic E-state index is 13.4. The molecule has 0 radical (unpaired) electrons. The fraction of sp³-hybridized carbons (Fsp3) is 0.0833. The molecule has 0 spiro atoms. The SMILES string of the molecule is Nc1ccc(F)c(NC(=O)Cn2cc(F)c(=O)[nH]c2=O)c1. The zero-order valence-electron chi connectivity index (χ0n) is 10.5. The van der Waals surface area contributed by atoms with E-state index in [0.29, 0.717) is 10.8 Å². The lowest BCUT2D eigenvalue weighted by Gasteiger charge is -2.08. The summed E-state index contributed by atoms with van der Waals surface area (Å²) in [6.07, 6.45) is 0.594. The molecule has 0 aliphatic carbocycles. The molecule has 1 aromatic carbocycles. The van der Waals surface area contributed by atoms with Crippen molar-refractivity contribution in [3.8, 4) is 0 Å². The maximum atomic E-state index is 13.4. The summed E-state index contributed by atoms with van der Waals surface area (Å²) in [7, 11) is 0. The molecular weight excluding hydrogens is 286 g/mol. The maximum Gasteiger partial charge on any atom is 0.328 e. The number of aromatic nitrogens is 2. The number of nitrogen functional groups attached to an aromatic ring is 1. The second-order valence-corrected chi connectivity index (χ2v) is 4.15. The quantitative estimate of drug-likeness (QED) is 0.694. The highest BCUT2D eigenvalue weighted by Crippen LogP contribution is 2.17. The minimum atomic E-state index is -1.21. The number of carbonyl (C=O) groups excluding carboxylic acids is 1. The average molecular weight is 296 g/mol. The summed E-state index contributed by atoms with van der Waals surface area (Å²) in [6, 6.07) is 3.58. The van der Waals surface area contributed by atoms with Crippen LogP contribution in [0.4, 0.5) is 20.2 Å². The lowest BCUT2D eigenvalue weighted by Crippen LogP contribution is -2.34. The van der Waals surface area contributed by atoms with Gasteiger partial charge in [-0.2, -0.15) is 4.39 Å². The van der Waals surface area contributed by atoms with E-state index in [2.05, 4.69) is 5.32 Å². The van der Waals surface area contributed by atoms with Crippen LogP contribution < -0.4 is 22.3 Å². The van der Waals surface area contributed by atoms with Crippen LogP contribution in [0.5, 0.6) is 0 Å². The average Bonchev–Trinajstić information content (AvgIpc) is 2.40. The minimum absolute atomic E-state index is 0.169. The molecule has 1 aromatic heterocycles. The van der Waals surface area contributed by atoms with Gasteiger partial charge in [0.1, 0.15) is 12.4 Å². The Morgan fingerprint density at radius 2 is 2.00 bits per heavy atom. The predicted molar refractivity (Wildman–Crippen MR) is 70.7 cm³/mol. The first-order valence-electron chi connectivity index (χ1n) is 5.71. The van der Waals surface area contributed by atoms with Gasteiger partial charge >= 0.3 is 5.69 Å². The Labute approximate surface area is 116 Å². The highest BCUT2D eigenvalue weighted by Gasteiger charge is 2.11. The van der Waals surface area contributed by atoms with Crippen molar-refractivity contribution in [1.29, 1.82) is 0 Å². The lowest BCUT2D eigenvalue weighted by atomic mass is 10.2. The number of aromatic amines is 1. The molecule has 2 aromatic rings. The number of hydrogen-bond acceptors (Lipinski definition) is 4. The molecule has 110 valence electrons. The first kappa shape index (κ1) is 14.4. The zero-order valence-corrected chi connectivity index (χ0v) is 10.5. The van der Waals surface area contributed by atoms with E-state index < -0.39 is 35.3 Å². The van der Waals surface area contributed by atoms with E-state index in [0.717, 1.165) is 6.07 Å². The van der Waals surface area contributed by atoms with E-state index >= 15 is 0 Å². The molecule has 1 heterocycles. The van der Waals surface area contributed by atoms with Crippen LogP contribution in [-0.2, 0) is 11.3 Å². The molecule has 21 heavy (non-hydrogen) atoms. The molecule has 0 bridgehead atoms. The molecule has 1 amide bonds. The number of nitrogens with one attached hydrogen (secondary N) is 2. The number of nitrogens with two attached hydrogens (primary N) is 1. The van der Waals surface area contributed by atoms with E-state index in [9.17, 15) is 23.2 Å². The molecule has 2 rings (SSSR count). The summed E-state index contributed by atoms with van der Waals surface area (Å²) < 4.78 is 27.1. The zero-order chi connectivity index (χ0) is 15.6. The molecule has 4 N–H and O–H groups in total. The van der Waals surface area contributed by atoms with Crippen LogP contribution in [0.2, 0.25) is 0 Å². The van der Waals surface area contributed by atoms with Crippen LogP contribution in [0.25, 0.3) is 0 Å². The molecule has 0 saturated heterocycles. The summed E-state index contributed by atoms with van der Waals surface area (Å²) in [6.45, 7) is -0.596. The monoisotopic (exact) mass is 296 g/mol. The Bertz CT molecular complexity index is 813. The third-order valence-corrected chi connectivity index (χ3v) is 2.55. The normalized spacial score (nSPS) is 10.4. The van der Waals surface area contributed by atoms with Gasteiger partial charge in [-0.25, -0.2) is 9.18 Å². The van der Waals surface area contributed by atoms with Crippen LogP contribution in [-0.4, -0.2) is 15.5 Å². The van der Waals surface area contributed by atoms with Gasteiger partial charge < -0.3 is 11.1 Å². The molecule has 0 aliphatic heterocycles. The Morgan fingerprint density at radius 1 is 1.29 bits per heavy atom. The molecule has 0 atom stereocenters. The van der Waals surface area contributed by atoms with E-state index in [4.69, 9.17) is 5.73 Å². The number of H-pyrrole nitrogens is 1. The van der Waals surface area contributed by atoms with E-state index in [1.54, 1.807) is 4.98 Å². The Balaban J connectivity index is 2.19. The largest absolute Gasteiger partial charge is 0.399 e. The summed E-state index contributed by atoms with van der Waals surface area (Å²) in [5.41, 5.74) is 3.38. The standard InChI is InChI=1S/C12H10F2N4O3/c13-7-2-1-6(15)3-9(7)16-10(19)5-18-4-8(14)11(20)17-12(18)21/h1-4H,5,15H2,(H,16,19)(H,17,20,21). The number of anilines is 2. The molecular formula is C12H10F2N4O3. The van der Waals surface area contributed by atoms with Crippen molar-refractivity contribution in [2.24, 2.45) is 0 Å². The van der Waals surface area contributed by atoms with Crippen LogP contribution in [0.1, 0.15) is 0 Å². The number of hydrogen-bond donors (Lipinski definition) is 3. The number of rotatable bonds is 3. The second-order valence-electron chi connectivity index (χ2n) is 4.15. The van der Waals surface area contributed by atoms with E-state index in [1.807, 2.05) is 0 Å². The fourth-order valence-corrected chi connectivity index (χ4v) is 1.58. The number of nitrogens with zero attached hydrogens (tertiary/aromatic N) is 1. The molecule has 0 fully saturated rings. The minimum Gasteiger partial charge on any atom is -0.399 e. The Morgan fingerprint density at radius 3 is 2.71 bits per heavy atom. The highest BCUT2D eigenvalue weighted by molar-refractivity contribution is 5.91. The van der Waals surface area contributed by atoms with Gasteiger partial charge in [-0.3, -0.25) is 19.1 Å². The topological polar surface area (TPSA) is 110 Å². The van der Waals surface area contributed by atoms with Crippen molar-refractivity contribution in [3.63, 3.8) is 0 Å². The van der Waals surface area contributed by atoms with E-state index in [-0.39, 0.29) is 11.4 Å². The van der Waals surface area contributed by atoms with Gasteiger partial charge in [0.25, 0.3) is 5.56 Å². The number of amides is 1. The Kier molecular flexibility index (Phi) is 3.83. The van der Waals surface area contributed by atoms with Crippen molar-refractivity contribution < 1.29 is 13.6 Å². The molecule has 9 heteroatoms. The van der Waals surface area contributed by atoms with Crippen LogP contribution in [0, 0.1) is 11.6 Å². The van der Waals surface area contributed by atoms with Crippen molar-refractivity contribution >= 4 is 17.3 Å². The van der Waals surface area contributed by atoms with Crippen LogP contribution >= 0.6 is 0 Å². The highest BCUT2D eigenvalue weighted by atomic mass is 19.1. The first-order chi connectivity index (χ1) is 9.86. The fourth-order valence-electron chi connectivity index (χ4n) is 1.58. The third-order valence-electron chi connectivity index (χ3n) is 2.55. The van der Waals surface area contributed by atoms with Gasteiger partial charge in [0.15, 0.2) is 0 Å². The van der Waals surface area contributed by atoms with Gasteiger partial charge in [0, 0.05) is 5.69 Å². The Hall–Kier alpha value is -2.97. The third kappa shape index (κ3) is 3.32. The lowest BCUT2D eigenvalue weighted by molar-refractivity contribution is -0.116.